The van der Waals surface area contributed by atoms with Gasteiger partial charge in [0.1, 0.15) is 5.82 Å². The van der Waals surface area contributed by atoms with Gasteiger partial charge in [0.15, 0.2) is 5.69 Å². The predicted molar refractivity (Wildman–Crippen MR) is 103 cm³/mol. The van der Waals surface area contributed by atoms with Gasteiger partial charge in [0.2, 0.25) is 0 Å². The number of halogens is 1. The number of hydrogen-bond donors (Lipinski definition) is 1. The molecule has 0 aliphatic heterocycles. The zero-order chi connectivity index (χ0) is 19.4. The number of nitrogens with one attached hydrogen (secondary N) is 1. The highest BCUT2D eigenvalue weighted by atomic mass is 19.1. The molecular formula is C21H23FN4O. The van der Waals surface area contributed by atoms with Crippen LogP contribution < -0.4 is 5.32 Å². The van der Waals surface area contributed by atoms with Crippen LogP contribution in [0.25, 0.3) is 5.69 Å². The molecule has 1 heterocycles. The zero-order valence-corrected chi connectivity index (χ0v) is 15.7. The second-order valence-electron chi connectivity index (χ2n) is 6.73. The predicted octanol–water partition coefficient (Wildman–Crippen LogP) is 3.35. The topological polar surface area (TPSA) is 50.2 Å². The average molecular weight is 366 g/mol. The summed E-state index contributed by atoms with van der Waals surface area (Å²) in [5.41, 5.74) is 3.19. The van der Waals surface area contributed by atoms with Crippen molar-refractivity contribution in [1.29, 1.82) is 0 Å². The Morgan fingerprint density at radius 3 is 2.59 bits per heavy atom. The molecule has 140 valence electrons. The smallest absolute Gasteiger partial charge is 0.271 e. The molecule has 1 N–H and O–H groups in total. The summed E-state index contributed by atoms with van der Waals surface area (Å²) in [6.07, 6.45) is 1.65. The van der Waals surface area contributed by atoms with Gasteiger partial charge in [-0.2, -0.15) is 5.10 Å². The monoisotopic (exact) mass is 366 g/mol. The minimum absolute atomic E-state index is 0.0554. The number of aryl methyl sites for hydroxylation is 1. The summed E-state index contributed by atoms with van der Waals surface area (Å²) in [4.78, 5) is 14.6. The molecule has 0 saturated carbocycles. The van der Waals surface area contributed by atoms with E-state index in [2.05, 4.69) is 39.6 Å². The summed E-state index contributed by atoms with van der Waals surface area (Å²) >= 11 is 0. The van der Waals surface area contributed by atoms with Crippen molar-refractivity contribution in [2.45, 2.75) is 13.0 Å². The molecule has 0 bridgehead atoms. The lowest BCUT2D eigenvalue weighted by Crippen LogP contribution is -2.34. The molecule has 3 rings (SSSR count). The van der Waals surface area contributed by atoms with E-state index in [4.69, 9.17) is 0 Å². The Hall–Kier alpha value is -2.99. The van der Waals surface area contributed by atoms with E-state index in [1.54, 1.807) is 24.4 Å². The number of amides is 1. The van der Waals surface area contributed by atoms with Crippen molar-refractivity contribution >= 4 is 5.91 Å². The Kier molecular flexibility index (Phi) is 5.66. The Morgan fingerprint density at radius 1 is 1.19 bits per heavy atom. The summed E-state index contributed by atoms with van der Waals surface area (Å²) in [5, 5.41) is 7.19. The standard InChI is InChI=1S/C21H23FN4O/c1-15-7-9-16(10-8-15)20(25(2)3)14-23-21(27)19-11-12-26(24-19)18-6-4-5-17(22)13-18/h4-13,20H,14H2,1-3H3,(H,23,27). The first kappa shape index (κ1) is 18.8. The van der Waals surface area contributed by atoms with Crippen molar-refractivity contribution in [2.75, 3.05) is 20.6 Å². The van der Waals surface area contributed by atoms with Gasteiger partial charge < -0.3 is 10.2 Å². The van der Waals surface area contributed by atoms with Crippen molar-refractivity contribution in [3.05, 3.63) is 83.4 Å². The number of nitrogens with zero attached hydrogens (tertiary/aromatic N) is 3. The van der Waals surface area contributed by atoms with Crippen molar-refractivity contribution < 1.29 is 9.18 Å². The minimum atomic E-state index is -0.346. The number of likely N-dealkylation sites (N-methyl/N-ethyl adjacent to an activating group) is 1. The van der Waals surface area contributed by atoms with Crippen LogP contribution >= 0.6 is 0 Å². The fourth-order valence-corrected chi connectivity index (χ4v) is 2.87. The van der Waals surface area contributed by atoms with E-state index in [9.17, 15) is 9.18 Å². The molecule has 0 fully saturated rings. The van der Waals surface area contributed by atoms with Crippen LogP contribution in [0.2, 0.25) is 0 Å². The van der Waals surface area contributed by atoms with Gasteiger partial charge in [-0.3, -0.25) is 4.79 Å². The average Bonchev–Trinajstić information content (AvgIpc) is 3.13. The first-order valence-corrected chi connectivity index (χ1v) is 8.77. The quantitative estimate of drug-likeness (QED) is 0.728. The molecule has 0 aliphatic rings. The van der Waals surface area contributed by atoms with Crippen LogP contribution in [-0.2, 0) is 0 Å². The van der Waals surface area contributed by atoms with Crippen molar-refractivity contribution in [3.63, 3.8) is 0 Å². The van der Waals surface area contributed by atoms with E-state index in [0.717, 1.165) is 5.56 Å². The van der Waals surface area contributed by atoms with Gasteiger partial charge in [-0.25, -0.2) is 9.07 Å². The number of aromatic nitrogens is 2. The Balaban J connectivity index is 1.68. The van der Waals surface area contributed by atoms with E-state index in [0.29, 0.717) is 17.9 Å². The first-order valence-electron chi connectivity index (χ1n) is 8.77. The largest absolute Gasteiger partial charge is 0.349 e. The highest BCUT2D eigenvalue weighted by Gasteiger charge is 2.17. The van der Waals surface area contributed by atoms with Crippen LogP contribution in [-0.4, -0.2) is 41.2 Å². The van der Waals surface area contributed by atoms with Crippen LogP contribution in [0.15, 0.2) is 60.8 Å². The van der Waals surface area contributed by atoms with Crippen molar-refractivity contribution in [1.82, 2.24) is 20.0 Å². The van der Waals surface area contributed by atoms with Crippen molar-refractivity contribution in [3.8, 4) is 5.69 Å². The van der Waals surface area contributed by atoms with Gasteiger partial charge in [-0.15, -0.1) is 0 Å². The third kappa shape index (κ3) is 4.60. The summed E-state index contributed by atoms with van der Waals surface area (Å²) in [7, 11) is 3.96. The number of carbonyl (C=O) groups is 1. The molecule has 5 nitrogen and oxygen atoms in total. The van der Waals surface area contributed by atoms with Crippen molar-refractivity contribution in [2.24, 2.45) is 0 Å². The van der Waals surface area contributed by atoms with E-state index in [1.165, 1.54) is 22.4 Å². The SMILES string of the molecule is Cc1ccc(C(CNC(=O)c2ccn(-c3cccc(F)c3)n2)N(C)C)cc1. The first-order chi connectivity index (χ1) is 12.9. The molecule has 1 aromatic heterocycles. The number of hydrogen-bond acceptors (Lipinski definition) is 3. The second kappa shape index (κ2) is 8.14. The summed E-state index contributed by atoms with van der Waals surface area (Å²) in [6.45, 7) is 2.51. The van der Waals surface area contributed by atoms with E-state index in [1.807, 2.05) is 21.0 Å². The lowest BCUT2D eigenvalue weighted by Gasteiger charge is -2.25. The van der Waals surface area contributed by atoms with Gasteiger partial charge in [-0.1, -0.05) is 35.9 Å². The molecule has 1 unspecified atom stereocenters. The molecule has 3 aromatic rings. The molecule has 6 heteroatoms. The zero-order valence-electron chi connectivity index (χ0n) is 15.7. The molecule has 0 saturated heterocycles. The van der Waals surface area contributed by atoms with Crippen LogP contribution in [0.1, 0.15) is 27.7 Å². The molecule has 0 aliphatic carbocycles. The summed E-state index contributed by atoms with van der Waals surface area (Å²) < 4.78 is 14.9. The third-order valence-corrected chi connectivity index (χ3v) is 4.44. The van der Waals surface area contributed by atoms with E-state index in [-0.39, 0.29) is 17.8 Å². The maximum Gasteiger partial charge on any atom is 0.271 e. The van der Waals surface area contributed by atoms with Gasteiger partial charge in [-0.05, 0) is 50.8 Å². The summed E-state index contributed by atoms with van der Waals surface area (Å²) in [6, 6.07) is 16.0. The second-order valence-corrected chi connectivity index (χ2v) is 6.73. The molecule has 27 heavy (non-hydrogen) atoms. The van der Waals surface area contributed by atoms with Gasteiger partial charge >= 0.3 is 0 Å². The van der Waals surface area contributed by atoms with Crippen LogP contribution in [0.5, 0.6) is 0 Å². The molecule has 0 radical (unpaired) electrons. The van der Waals surface area contributed by atoms with Crippen LogP contribution in [0.4, 0.5) is 4.39 Å². The molecule has 1 amide bonds. The Morgan fingerprint density at radius 2 is 1.93 bits per heavy atom. The van der Waals surface area contributed by atoms with Crippen LogP contribution in [0.3, 0.4) is 0 Å². The molecular weight excluding hydrogens is 343 g/mol. The molecule has 2 aromatic carbocycles. The summed E-state index contributed by atoms with van der Waals surface area (Å²) in [5.74, 6) is -0.606. The maximum absolute atomic E-state index is 13.4. The normalized spacial score (nSPS) is 12.2. The maximum atomic E-state index is 13.4. The van der Waals surface area contributed by atoms with Gasteiger partial charge in [0, 0.05) is 12.7 Å². The number of carbonyl (C=O) groups excluding carboxylic acids is 1. The number of rotatable bonds is 6. The molecule has 1 atom stereocenters. The van der Waals surface area contributed by atoms with Gasteiger partial charge in [0.05, 0.1) is 11.7 Å². The fourth-order valence-electron chi connectivity index (χ4n) is 2.87. The van der Waals surface area contributed by atoms with E-state index < -0.39 is 0 Å². The number of benzene rings is 2. The van der Waals surface area contributed by atoms with Crippen LogP contribution in [0, 0.1) is 12.7 Å². The molecule has 0 spiro atoms. The Labute approximate surface area is 158 Å². The lowest BCUT2D eigenvalue weighted by atomic mass is 10.0. The Bertz CT molecular complexity index is 918. The highest BCUT2D eigenvalue weighted by Crippen LogP contribution is 2.18. The van der Waals surface area contributed by atoms with E-state index >= 15 is 0 Å². The third-order valence-electron chi connectivity index (χ3n) is 4.44. The minimum Gasteiger partial charge on any atom is -0.349 e. The van der Waals surface area contributed by atoms with Gasteiger partial charge in [0.25, 0.3) is 5.91 Å². The lowest BCUT2D eigenvalue weighted by molar-refractivity contribution is 0.0936. The fraction of sp³-hybridized carbons (Fsp3) is 0.238. The highest BCUT2D eigenvalue weighted by molar-refractivity contribution is 5.92.